The molecule has 1 aliphatic rings. The Morgan fingerprint density at radius 2 is 2.19 bits per heavy atom. The first-order chi connectivity index (χ1) is 7.83. The number of rotatable bonds is 3. The summed E-state index contributed by atoms with van der Waals surface area (Å²) in [6.45, 7) is 1.93. The third kappa shape index (κ3) is 1.56. The number of hydrogen-bond donors (Lipinski definition) is 1. The Morgan fingerprint density at radius 3 is 2.88 bits per heavy atom. The standard InChI is InChI=1S/C13H15NOS/c1-15-13(8-14-9-13)6-10-7-16-12-5-3-2-4-11(10)12/h2-5,7,14H,6,8-9H2,1H3. The van der Waals surface area contributed by atoms with Gasteiger partial charge in [-0.05, 0) is 22.4 Å². The van der Waals surface area contributed by atoms with Crippen LogP contribution < -0.4 is 5.32 Å². The molecule has 0 atom stereocenters. The molecule has 0 spiro atoms. The lowest BCUT2D eigenvalue weighted by atomic mass is 9.89. The number of fused-ring (bicyclic) bond motifs is 1. The van der Waals surface area contributed by atoms with Crippen molar-refractivity contribution in [1.82, 2.24) is 5.32 Å². The van der Waals surface area contributed by atoms with Gasteiger partial charge >= 0.3 is 0 Å². The summed E-state index contributed by atoms with van der Waals surface area (Å²) >= 11 is 1.82. The summed E-state index contributed by atoms with van der Waals surface area (Å²) in [5.41, 5.74) is 1.45. The zero-order valence-electron chi connectivity index (χ0n) is 9.32. The monoisotopic (exact) mass is 233 g/mol. The van der Waals surface area contributed by atoms with Gasteiger partial charge in [0.1, 0.15) is 0 Å². The fourth-order valence-corrected chi connectivity index (χ4v) is 3.22. The van der Waals surface area contributed by atoms with Gasteiger partial charge in [-0.15, -0.1) is 11.3 Å². The number of ether oxygens (including phenoxy) is 1. The van der Waals surface area contributed by atoms with E-state index in [1.165, 1.54) is 15.6 Å². The van der Waals surface area contributed by atoms with Crippen LogP contribution in [-0.4, -0.2) is 25.8 Å². The second-order valence-corrected chi connectivity index (χ2v) is 5.34. The first-order valence-electron chi connectivity index (χ1n) is 5.54. The quantitative estimate of drug-likeness (QED) is 0.879. The van der Waals surface area contributed by atoms with E-state index in [0.29, 0.717) is 0 Å². The maximum atomic E-state index is 5.64. The SMILES string of the molecule is COC1(Cc2csc3ccccc23)CNC1. The lowest BCUT2D eigenvalue weighted by molar-refractivity contribution is -0.0499. The van der Waals surface area contributed by atoms with Crippen molar-refractivity contribution in [3.8, 4) is 0 Å². The predicted molar refractivity (Wildman–Crippen MR) is 68.1 cm³/mol. The molecule has 16 heavy (non-hydrogen) atoms. The van der Waals surface area contributed by atoms with Gasteiger partial charge in [0, 0.05) is 31.3 Å². The summed E-state index contributed by atoms with van der Waals surface area (Å²) < 4.78 is 7.01. The Morgan fingerprint density at radius 1 is 1.38 bits per heavy atom. The Labute approximate surface area is 99.2 Å². The number of hydrogen-bond acceptors (Lipinski definition) is 3. The summed E-state index contributed by atoms with van der Waals surface area (Å²) in [6.07, 6.45) is 1.01. The zero-order chi connectivity index (χ0) is 11.0. The molecule has 1 aromatic heterocycles. The molecule has 3 heteroatoms. The largest absolute Gasteiger partial charge is 0.375 e. The van der Waals surface area contributed by atoms with Crippen molar-refractivity contribution in [2.45, 2.75) is 12.0 Å². The highest BCUT2D eigenvalue weighted by Gasteiger charge is 2.37. The maximum absolute atomic E-state index is 5.64. The summed E-state index contributed by atoms with van der Waals surface area (Å²) in [5, 5.41) is 6.94. The molecule has 1 aliphatic heterocycles. The molecule has 3 rings (SSSR count). The van der Waals surface area contributed by atoms with E-state index in [2.05, 4.69) is 35.0 Å². The van der Waals surface area contributed by atoms with Crippen molar-refractivity contribution in [1.29, 1.82) is 0 Å². The molecule has 2 aromatic rings. The molecule has 0 radical (unpaired) electrons. The second kappa shape index (κ2) is 3.84. The van der Waals surface area contributed by atoms with E-state index in [1.54, 1.807) is 0 Å². The molecule has 1 saturated heterocycles. The fourth-order valence-electron chi connectivity index (χ4n) is 2.26. The summed E-state index contributed by atoms with van der Waals surface area (Å²) in [4.78, 5) is 0. The molecular weight excluding hydrogens is 218 g/mol. The van der Waals surface area contributed by atoms with Crippen molar-refractivity contribution in [3.05, 3.63) is 35.2 Å². The normalized spacial score (nSPS) is 18.6. The minimum Gasteiger partial charge on any atom is -0.375 e. The van der Waals surface area contributed by atoms with Gasteiger partial charge in [-0.3, -0.25) is 0 Å². The van der Waals surface area contributed by atoms with E-state index < -0.39 is 0 Å². The van der Waals surface area contributed by atoms with Crippen LogP contribution in [0.25, 0.3) is 10.1 Å². The summed E-state index contributed by atoms with van der Waals surface area (Å²) in [6, 6.07) is 8.59. The van der Waals surface area contributed by atoms with E-state index >= 15 is 0 Å². The van der Waals surface area contributed by atoms with Crippen LogP contribution >= 0.6 is 11.3 Å². The van der Waals surface area contributed by atoms with E-state index in [4.69, 9.17) is 4.74 Å². The minimum absolute atomic E-state index is 0.0316. The smallest absolute Gasteiger partial charge is 0.0966 e. The van der Waals surface area contributed by atoms with E-state index in [9.17, 15) is 0 Å². The number of benzene rings is 1. The van der Waals surface area contributed by atoms with Crippen molar-refractivity contribution in [2.75, 3.05) is 20.2 Å². The molecule has 0 bridgehead atoms. The van der Waals surface area contributed by atoms with Gasteiger partial charge in [-0.1, -0.05) is 18.2 Å². The molecule has 0 saturated carbocycles. The van der Waals surface area contributed by atoms with Crippen molar-refractivity contribution in [3.63, 3.8) is 0 Å². The molecule has 0 unspecified atom stereocenters. The van der Waals surface area contributed by atoms with Gasteiger partial charge in [0.05, 0.1) is 5.60 Å². The van der Waals surface area contributed by atoms with Crippen molar-refractivity contribution in [2.24, 2.45) is 0 Å². The molecule has 0 amide bonds. The van der Waals surface area contributed by atoms with Crippen LogP contribution in [0.15, 0.2) is 29.6 Å². The van der Waals surface area contributed by atoms with Gasteiger partial charge < -0.3 is 10.1 Å². The first kappa shape index (κ1) is 10.3. The molecule has 1 N–H and O–H groups in total. The van der Waals surface area contributed by atoms with Gasteiger partial charge in [0.15, 0.2) is 0 Å². The summed E-state index contributed by atoms with van der Waals surface area (Å²) in [7, 11) is 1.81. The van der Waals surface area contributed by atoms with Crippen molar-refractivity contribution < 1.29 is 4.74 Å². The molecule has 1 aromatic carbocycles. The van der Waals surface area contributed by atoms with Crippen LogP contribution in [0.5, 0.6) is 0 Å². The number of methoxy groups -OCH3 is 1. The molecular formula is C13H15NOS. The van der Waals surface area contributed by atoms with Crippen LogP contribution in [-0.2, 0) is 11.2 Å². The van der Waals surface area contributed by atoms with Gasteiger partial charge in [0.2, 0.25) is 0 Å². The molecule has 84 valence electrons. The fraction of sp³-hybridized carbons (Fsp3) is 0.385. The van der Waals surface area contributed by atoms with Crippen LogP contribution in [0.4, 0.5) is 0 Å². The Balaban J connectivity index is 1.94. The highest BCUT2D eigenvalue weighted by atomic mass is 32.1. The average molecular weight is 233 g/mol. The van der Waals surface area contributed by atoms with E-state index in [-0.39, 0.29) is 5.60 Å². The minimum atomic E-state index is 0.0316. The van der Waals surface area contributed by atoms with Gasteiger partial charge in [-0.25, -0.2) is 0 Å². The maximum Gasteiger partial charge on any atom is 0.0966 e. The Hall–Kier alpha value is -0.900. The zero-order valence-corrected chi connectivity index (χ0v) is 10.1. The van der Waals surface area contributed by atoms with E-state index in [0.717, 1.165) is 19.5 Å². The topological polar surface area (TPSA) is 21.3 Å². The molecule has 2 heterocycles. The highest BCUT2D eigenvalue weighted by molar-refractivity contribution is 7.17. The predicted octanol–water partition coefficient (Wildman–Crippen LogP) is 2.43. The van der Waals surface area contributed by atoms with E-state index in [1.807, 2.05) is 18.4 Å². The average Bonchev–Trinajstić information content (AvgIpc) is 2.67. The van der Waals surface area contributed by atoms with Crippen LogP contribution in [0.3, 0.4) is 0 Å². The molecule has 0 aliphatic carbocycles. The van der Waals surface area contributed by atoms with Gasteiger partial charge in [0.25, 0.3) is 0 Å². The second-order valence-electron chi connectivity index (χ2n) is 4.42. The molecule has 1 fully saturated rings. The third-order valence-corrected chi connectivity index (χ3v) is 4.41. The lowest BCUT2D eigenvalue weighted by Gasteiger charge is -2.41. The molecule has 2 nitrogen and oxygen atoms in total. The van der Waals surface area contributed by atoms with Gasteiger partial charge in [-0.2, -0.15) is 0 Å². The van der Waals surface area contributed by atoms with Crippen LogP contribution in [0, 0.1) is 0 Å². The van der Waals surface area contributed by atoms with Crippen LogP contribution in [0.1, 0.15) is 5.56 Å². The number of thiophene rings is 1. The first-order valence-corrected chi connectivity index (χ1v) is 6.42. The highest BCUT2D eigenvalue weighted by Crippen LogP contribution is 2.30. The lowest BCUT2D eigenvalue weighted by Crippen LogP contribution is -2.61. The van der Waals surface area contributed by atoms with Crippen molar-refractivity contribution >= 4 is 21.4 Å². The van der Waals surface area contributed by atoms with Crippen LogP contribution in [0.2, 0.25) is 0 Å². The summed E-state index contributed by atoms with van der Waals surface area (Å²) in [5.74, 6) is 0. The Kier molecular flexibility index (Phi) is 2.46. The number of nitrogens with one attached hydrogen (secondary N) is 1. The third-order valence-electron chi connectivity index (χ3n) is 3.40. The Bertz CT molecular complexity index is 496.